The number of rotatable bonds is 6. The Hall–Kier alpha value is -2.90. The molecular formula is C22H23N5O2S. The van der Waals surface area contributed by atoms with Crippen LogP contribution < -0.4 is 0 Å². The van der Waals surface area contributed by atoms with E-state index in [0.29, 0.717) is 18.0 Å². The summed E-state index contributed by atoms with van der Waals surface area (Å²) in [5, 5.41) is 3.91. The number of hydrogen-bond donors (Lipinski definition) is 0. The van der Waals surface area contributed by atoms with Crippen molar-refractivity contribution in [3.05, 3.63) is 92.8 Å². The molecule has 3 aromatic rings. The number of ether oxygens (including phenoxy) is 2. The van der Waals surface area contributed by atoms with Crippen molar-refractivity contribution in [2.75, 3.05) is 6.61 Å². The van der Waals surface area contributed by atoms with E-state index in [-0.39, 0.29) is 6.10 Å². The van der Waals surface area contributed by atoms with Gasteiger partial charge in [-0.2, -0.15) is 0 Å². The summed E-state index contributed by atoms with van der Waals surface area (Å²) in [5.74, 6) is 0. The number of imidazole rings is 1. The first-order chi connectivity index (χ1) is 14.6. The number of aromatic nitrogens is 2. The highest BCUT2D eigenvalue weighted by molar-refractivity contribution is 7.71. The minimum atomic E-state index is -0.407. The van der Waals surface area contributed by atoms with Crippen LogP contribution in [0.5, 0.6) is 0 Å². The van der Waals surface area contributed by atoms with Crippen LogP contribution in [0.2, 0.25) is 0 Å². The summed E-state index contributed by atoms with van der Waals surface area (Å²) in [7, 11) is 1.92. The molecule has 0 amide bonds. The Bertz CT molecular complexity index is 1120. The van der Waals surface area contributed by atoms with Crippen LogP contribution in [0, 0.1) is 11.7 Å². The van der Waals surface area contributed by atoms with E-state index in [0.717, 1.165) is 16.9 Å². The van der Waals surface area contributed by atoms with Crippen LogP contribution >= 0.6 is 12.2 Å². The maximum absolute atomic E-state index is 8.98. The third-order valence-corrected chi connectivity index (χ3v) is 5.83. The smallest absolute Gasteiger partial charge is 0.184 e. The fourth-order valence-corrected chi connectivity index (χ4v) is 3.94. The number of aryl methyl sites for hydroxylation is 1. The highest BCUT2D eigenvalue weighted by Gasteiger charge is 2.40. The Labute approximate surface area is 180 Å². The second kappa shape index (κ2) is 8.85. The van der Waals surface area contributed by atoms with Gasteiger partial charge in [0.05, 0.1) is 24.9 Å². The Balaban J connectivity index is 1.65. The first kappa shape index (κ1) is 20.4. The van der Waals surface area contributed by atoms with Crippen molar-refractivity contribution >= 4 is 12.2 Å². The third-order valence-electron chi connectivity index (χ3n) is 5.35. The lowest BCUT2D eigenvalue weighted by atomic mass is 10.1. The highest BCUT2D eigenvalue weighted by atomic mass is 32.1. The predicted octanol–water partition coefficient (Wildman–Crippen LogP) is 5.19. The Kier molecular flexibility index (Phi) is 6.01. The molecule has 7 nitrogen and oxygen atoms in total. The molecule has 1 fully saturated rings. The molecule has 1 aromatic heterocycles. The van der Waals surface area contributed by atoms with Gasteiger partial charge < -0.3 is 14.0 Å². The lowest BCUT2D eigenvalue weighted by molar-refractivity contribution is -0.0242. The van der Waals surface area contributed by atoms with E-state index in [1.54, 1.807) is 0 Å². The molecule has 3 atom stereocenters. The molecule has 0 radical (unpaired) electrons. The van der Waals surface area contributed by atoms with Gasteiger partial charge in [-0.15, -0.1) is 0 Å². The molecule has 2 aromatic carbocycles. The Morgan fingerprint density at radius 2 is 1.93 bits per heavy atom. The molecule has 1 aliphatic rings. The van der Waals surface area contributed by atoms with Crippen molar-refractivity contribution in [1.29, 1.82) is 0 Å². The molecule has 154 valence electrons. The van der Waals surface area contributed by atoms with Gasteiger partial charge in [0.2, 0.25) is 0 Å². The molecular weight excluding hydrogens is 398 g/mol. The zero-order chi connectivity index (χ0) is 21.1. The maximum atomic E-state index is 8.98. The largest absolute Gasteiger partial charge is 0.370 e. The summed E-state index contributed by atoms with van der Waals surface area (Å²) in [4.78, 5) is 2.98. The van der Waals surface area contributed by atoms with Crippen LogP contribution in [0.1, 0.15) is 22.9 Å². The maximum Gasteiger partial charge on any atom is 0.184 e. The molecule has 0 saturated carbocycles. The molecule has 8 heteroatoms. The van der Waals surface area contributed by atoms with Crippen molar-refractivity contribution < 1.29 is 9.47 Å². The van der Waals surface area contributed by atoms with Gasteiger partial charge in [-0.25, -0.2) is 0 Å². The summed E-state index contributed by atoms with van der Waals surface area (Å²) < 4.78 is 16.8. The van der Waals surface area contributed by atoms with E-state index in [9.17, 15) is 0 Å². The van der Waals surface area contributed by atoms with E-state index in [4.69, 9.17) is 27.2 Å². The molecule has 30 heavy (non-hydrogen) atoms. The zero-order valence-corrected chi connectivity index (χ0v) is 17.7. The number of nitrogens with zero attached hydrogens (tertiary/aromatic N) is 5. The normalized spacial score (nSPS) is 20.8. The van der Waals surface area contributed by atoms with E-state index in [2.05, 4.69) is 29.1 Å². The van der Waals surface area contributed by atoms with Gasteiger partial charge in [-0.05, 0) is 42.4 Å². The third kappa shape index (κ3) is 4.04. The number of hydrogen-bond acceptors (Lipinski definition) is 4. The number of benzene rings is 2. The number of azide groups is 1. The monoisotopic (exact) mass is 421 g/mol. The fraction of sp³-hybridized carbons (Fsp3) is 0.318. The second-order valence-electron chi connectivity index (χ2n) is 7.39. The summed E-state index contributed by atoms with van der Waals surface area (Å²) in [6.07, 6.45) is 1.19. The minimum Gasteiger partial charge on any atom is -0.370 e. The Morgan fingerprint density at radius 1 is 1.20 bits per heavy atom. The van der Waals surface area contributed by atoms with E-state index in [1.165, 1.54) is 5.56 Å². The summed E-state index contributed by atoms with van der Waals surface area (Å²) in [6, 6.07) is 17.7. The van der Waals surface area contributed by atoms with Crippen molar-refractivity contribution in [3.8, 4) is 5.69 Å². The highest BCUT2D eigenvalue weighted by Crippen LogP contribution is 2.35. The minimum absolute atomic E-state index is 0.302. The van der Waals surface area contributed by atoms with Crippen LogP contribution in [0.15, 0.2) is 65.9 Å². The zero-order valence-electron chi connectivity index (χ0n) is 16.9. The van der Waals surface area contributed by atoms with Gasteiger partial charge in [0.15, 0.2) is 4.77 Å². The van der Waals surface area contributed by atoms with Gasteiger partial charge in [0.1, 0.15) is 12.2 Å². The van der Waals surface area contributed by atoms with Crippen LogP contribution in [0.25, 0.3) is 16.1 Å². The summed E-state index contributed by atoms with van der Waals surface area (Å²) >= 11 is 5.67. The molecule has 0 aliphatic carbocycles. The van der Waals surface area contributed by atoms with Crippen molar-refractivity contribution in [3.63, 3.8) is 0 Å². The molecule has 0 N–H and O–H groups in total. The standard InChI is InChI=1S/C22H23N5O2S/c1-15-8-10-17(11-9-15)27-12-19(26(2)22(27)30)21-20(18(14-29-21)24-25-23)28-13-16-6-4-3-5-7-16/h3-12,18,20-21H,13-14H2,1-2H3/t18-,20+,21-/m0/s1. The van der Waals surface area contributed by atoms with Crippen LogP contribution in [0.4, 0.5) is 0 Å². The van der Waals surface area contributed by atoms with Crippen molar-refractivity contribution in [2.45, 2.75) is 31.8 Å². The molecule has 0 bridgehead atoms. The van der Waals surface area contributed by atoms with Gasteiger partial charge in [0, 0.05) is 23.8 Å². The molecule has 2 heterocycles. The molecule has 0 unspecified atom stereocenters. The first-order valence-electron chi connectivity index (χ1n) is 9.75. The van der Waals surface area contributed by atoms with E-state index in [1.807, 2.05) is 64.8 Å². The van der Waals surface area contributed by atoms with Crippen molar-refractivity contribution in [2.24, 2.45) is 12.2 Å². The van der Waals surface area contributed by atoms with Crippen LogP contribution in [-0.2, 0) is 23.1 Å². The Morgan fingerprint density at radius 3 is 2.63 bits per heavy atom. The summed E-state index contributed by atoms with van der Waals surface area (Å²) in [6.45, 7) is 2.76. The average Bonchev–Trinajstić information content (AvgIpc) is 3.29. The second-order valence-corrected chi connectivity index (χ2v) is 7.75. The van der Waals surface area contributed by atoms with Gasteiger partial charge in [-0.1, -0.05) is 53.1 Å². The van der Waals surface area contributed by atoms with Gasteiger partial charge >= 0.3 is 0 Å². The van der Waals surface area contributed by atoms with E-state index < -0.39 is 12.1 Å². The lowest BCUT2D eigenvalue weighted by Gasteiger charge is -2.21. The molecule has 4 rings (SSSR count). The average molecular weight is 422 g/mol. The van der Waals surface area contributed by atoms with Gasteiger partial charge in [0.25, 0.3) is 0 Å². The molecule has 0 spiro atoms. The van der Waals surface area contributed by atoms with Crippen LogP contribution in [0.3, 0.4) is 0 Å². The SMILES string of the molecule is Cc1ccc(-n2cc([C@@H]3OC[C@H](N=[N+]=[N-])[C@H]3OCc3ccccc3)n(C)c2=S)cc1. The van der Waals surface area contributed by atoms with Crippen molar-refractivity contribution in [1.82, 2.24) is 9.13 Å². The van der Waals surface area contributed by atoms with E-state index >= 15 is 0 Å². The quantitative estimate of drug-likeness (QED) is 0.238. The summed E-state index contributed by atoms with van der Waals surface area (Å²) in [5.41, 5.74) is 13.1. The molecule has 1 aliphatic heterocycles. The lowest BCUT2D eigenvalue weighted by Crippen LogP contribution is -2.28. The van der Waals surface area contributed by atoms with Gasteiger partial charge in [-0.3, -0.25) is 4.57 Å². The fourth-order valence-electron chi connectivity index (χ4n) is 3.68. The first-order valence-corrected chi connectivity index (χ1v) is 10.2. The predicted molar refractivity (Wildman–Crippen MR) is 117 cm³/mol. The topological polar surface area (TPSA) is 77.1 Å². The van der Waals surface area contributed by atoms with Crippen LogP contribution in [-0.4, -0.2) is 27.9 Å². The molecule has 1 saturated heterocycles.